The number of hydrogen-bond acceptors (Lipinski definition) is 0. The largest absolute Gasteiger partial charge is 0.0901 e. The van der Waals surface area contributed by atoms with E-state index in [1.54, 1.807) is 0 Å². The van der Waals surface area contributed by atoms with Gasteiger partial charge in [-0.25, -0.2) is 0 Å². The lowest BCUT2D eigenvalue weighted by molar-refractivity contribution is 0.588. The first-order chi connectivity index (χ1) is 25.6. The summed E-state index contributed by atoms with van der Waals surface area (Å²) >= 11 is 3.88. The van der Waals surface area contributed by atoms with Crippen molar-refractivity contribution in [2.24, 2.45) is 0 Å². The van der Waals surface area contributed by atoms with E-state index in [1.807, 2.05) is 0 Å². The van der Waals surface area contributed by atoms with E-state index in [0.29, 0.717) is 0 Å². The fourth-order valence-electron chi connectivity index (χ4n) is 9.04. The number of rotatable bonds is 2. The van der Waals surface area contributed by atoms with Crippen molar-refractivity contribution in [2.45, 2.75) is 86.0 Å². The average Bonchev–Trinajstić information content (AvgIpc) is 3.11. The maximum absolute atomic E-state index is 4.17. The van der Waals surface area contributed by atoms with Gasteiger partial charge in [0.25, 0.3) is 0 Å². The first-order valence-electron chi connectivity index (χ1n) is 19.3. The molecule has 1 heteroatoms. The van der Waals surface area contributed by atoms with Crippen molar-refractivity contribution in [3.05, 3.63) is 220 Å². The molecule has 0 bridgehead atoms. The highest BCUT2D eigenvalue weighted by molar-refractivity contribution is 9.10. The van der Waals surface area contributed by atoms with Gasteiger partial charge in [-0.3, -0.25) is 0 Å². The van der Waals surface area contributed by atoms with E-state index in [9.17, 15) is 0 Å². The molecule has 0 spiro atoms. The standard InChI is InChI=1S/C53H50Br/c1-31-25-35(52(5,6)7)26-32(2)48(31)50-41-20-14-11-17-38(41)46(39-18-12-15-21-42(39)50)30-47-40-19-13-16-22-43(40)51(44-24-23-37(54)29-45(44)47)49-33(3)27-36(28-34(49)4)53(8,9)10/h11-29,51H,1-10H3/q+1. The van der Waals surface area contributed by atoms with Crippen LogP contribution in [-0.4, -0.2) is 0 Å². The molecule has 0 N–H and O–H groups in total. The van der Waals surface area contributed by atoms with Crippen molar-refractivity contribution in [3.8, 4) is 0 Å². The predicted octanol–water partition coefficient (Wildman–Crippen LogP) is 14.3. The highest BCUT2D eigenvalue weighted by Gasteiger charge is 2.39. The van der Waals surface area contributed by atoms with Crippen LogP contribution < -0.4 is 0 Å². The third-order valence-electron chi connectivity index (χ3n) is 11.7. The molecule has 0 amide bonds. The molecule has 0 aromatic heterocycles. The zero-order valence-corrected chi connectivity index (χ0v) is 35.0. The fourth-order valence-corrected chi connectivity index (χ4v) is 9.40. The normalized spacial score (nSPS) is 14.9. The van der Waals surface area contributed by atoms with Crippen LogP contribution in [0.15, 0.2) is 125 Å². The Balaban J connectivity index is 1.41. The fraction of sp³-hybridized carbons (Fsp3) is 0.245. The minimum atomic E-state index is 0.0804. The van der Waals surface area contributed by atoms with Crippen molar-refractivity contribution in [1.82, 2.24) is 0 Å². The van der Waals surface area contributed by atoms with Gasteiger partial charge in [0.1, 0.15) is 0 Å². The maximum atomic E-state index is 4.17. The monoisotopic (exact) mass is 765 g/mol. The molecular weight excluding hydrogens is 716 g/mol. The molecule has 8 rings (SSSR count). The van der Waals surface area contributed by atoms with Crippen molar-refractivity contribution in [3.63, 3.8) is 0 Å². The molecule has 0 nitrogen and oxygen atoms in total. The molecule has 6 aromatic rings. The van der Waals surface area contributed by atoms with Crippen molar-refractivity contribution < 1.29 is 0 Å². The number of fused-ring (bicyclic) bond motifs is 4. The van der Waals surface area contributed by atoms with Gasteiger partial charge in [-0.05, 0) is 149 Å². The van der Waals surface area contributed by atoms with Crippen LogP contribution in [0.25, 0.3) is 11.1 Å². The SMILES string of the molecule is Cc1cc(C(C)(C)C)cc(C)c1[C+]1c2ccccc2C(=C=C2c3ccccc3C(c3c(C)cc(C(C)(C)C)cc3C)c3ccc(Br)cc32)c2ccccc21. The summed E-state index contributed by atoms with van der Waals surface area (Å²) in [5.74, 6) is 1.42. The molecule has 2 aliphatic rings. The van der Waals surface area contributed by atoms with Gasteiger partial charge < -0.3 is 0 Å². The summed E-state index contributed by atoms with van der Waals surface area (Å²) in [6.45, 7) is 23.0. The highest BCUT2D eigenvalue weighted by atomic mass is 79.9. The van der Waals surface area contributed by atoms with Crippen LogP contribution in [0.3, 0.4) is 0 Å². The van der Waals surface area contributed by atoms with Crippen LogP contribution in [0.5, 0.6) is 0 Å². The van der Waals surface area contributed by atoms with E-state index >= 15 is 0 Å². The molecule has 0 heterocycles. The molecular formula is C53H50Br+. The third-order valence-corrected chi connectivity index (χ3v) is 12.2. The van der Waals surface area contributed by atoms with Gasteiger partial charge in [0.15, 0.2) is 0 Å². The Morgan fingerprint density at radius 3 is 1.48 bits per heavy atom. The van der Waals surface area contributed by atoms with E-state index in [-0.39, 0.29) is 16.7 Å². The second-order valence-electron chi connectivity index (χ2n) is 17.6. The lowest BCUT2D eigenvalue weighted by atomic mass is 9.69. The van der Waals surface area contributed by atoms with E-state index in [1.165, 1.54) is 94.9 Å². The average molecular weight is 767 g/mol. The molecule has 268 valence electrons. The Bertz CT molecular complexity index is 2460. The van der Waals surface area contributed by atoms with Crippen LogP contribution >= 0.6 is 15.9 Å². The van der Waals surface area contributed by atoms with E-state index < -0.39 is 0 Å². The van der Waals surface area contributed by atoms with Crippen molar-refractivity contribution >= 4 is 27.1 Å². The molecule has 1 unspecified atom stereocenters. The summed E-state index contributed by atoms with van der Waals surface area (Å²) in [6.07, 6.45) is 0. The Morgan fingerprint density at radius 1 is 0.500 bits per heavy atom. The molecule has 1 atom stereocenters. The van der Waals surface area contributed by atoms with Gasteiger partial charge in [-0.15, -0.1) is 0 Å². The van der Waals surface area contributed by atoms with Gasteiger partial charge in [-0.1, -0.05) is 118 Å². The van der Waals surface area contributed by atoms with Crippen LogP contribution in [0.4, 0.5) is 0 Å². The summed E-state index contributed by atoms with van der Waals surface area (Å²) in [7, 11) is 0. The van der Waals surface area contributed by atoms with Crippen LogP contribution in [0, 0.1) is 33.6 Å². The van der Waals surface area contributed by atoms with E-state index in [2.05, 4.69) is 206 Å². The van der Waals surface area contributed by atoms with Crippen LogP contribution in [0.2, 0.25) is 0 Å². The van der Waals surface area contributed by atoms with Crippen molar-refractivity contribution in [1.29, 1.82) is 0 Å². The predicted molar refractivity (Wildman–Crippen MR) is 233 cm³/mol. The van der Waals surface area contributed by atoms with Gasteiger partial charge in [0.2, 0.25) is 0 Å². The third kappa shape index (κ3) is 6.03. The molecule has 54 heavy (non-hydrogen) atoms. The molecule has 0 saturated heterocycles. The first-order valence-corrected chi connectivity index (χ1v) is 20.1. The Kier molecular flexibility index (Phi) is 8.84. The lowest BCUT2D eigenvalue weighted by Gasteiger charge is -2.33. The molecule has 0 saturated carbocycles. The van der Waals surface area contributed by atoms with Crippen LogP contribution in [0.1, 0.15) is 136 Å². The smallest absolute Gasteiger partial charge is 0.0808 e. The second kappa shape index (κ2) is 13.2. The molecule has 6 aromatic carbocycles. The molecule has 0 radical (unpaired) electrons. The highest BCUT2D eigenvalue weighted by Crippen LogP contribution is 2.51. The summed E-state index contributed by atoms with van der Waals surface area (Å²) < 4.78 is 1.07. The Morgan fingerprint density at radius 2 is 0.944 bits per heavy atom. The minimum Gasteiger partial charge on any atom is -0.0901 e. The van der Waals surface area contributed by atoms with Gasteiger partial charge in [0.05, 0.1) is 28.2 Å². The quantitative estimate of drug-likeness (QED) is 0.121. The number of hydrogen-bond donors (Lipinski definition) is 0. The zero-order valence-electron chi connectivity index (χ0n) is 33.4. The lowest BCUT2D eigenvalue weighted by Crippen LogP contribution is -2.19. The zero-order chi connectivity index (χ0) is 38.3. The maximum Gasteiger partial charge on any atom is 0.0808 e. The molecule has 0 fully saturated rings. The summed E-state index contributed by atoms with van der Waals surface area (Å²) in [6, 6.07) is 43.5. The summed E-state index contributed by atoms with van der Waals surface area (Å²) in [5, 5.41) is 0. The number of benzene rings is 6. The number of halogens is 1. The van der Waals surface area contributed by atoms with Gasteiger partial charge in [-0.2, -0.15) is 0 Å². The molecule has 2 aliphatic carbocycles. The minimum absolute atomic E-state index is 0.0804. The van der Waals surface area contributed by atoms with E-state index in [4.69, 9.17) is 0 Å². The van der Waals surface area contributed by atoms with Crippen LogP contribution in [-0.2, 0) is 10.8 Å². The molecule has 0 aliphatic heterocycles. The Hall–Kier alpha value is -4.81. The van der Waals surface area contributed by atoms with Crippen molar-refractivity contribution in [2.75, 3.05) is 0 Å². The van der Waals surface area contributed by atoms with Gasteiger partial charge >= 0.3 is 0 Å². The Labute approximate surface area is 331 Å². The van der Waals surface area contributed by atoms with Gasteiger partial charge in [0, 0.05) is 38.2 Å². The topological polar surface area (TPSA) is 0 Å². The number of aryl methyl sites for hydroxylation is 4. The summed E-state index contributed by atoms with van der Waals surface area (Å²) in [5.41, 5.74) is 27.5. The first kappa shape index (κ1) is 36.2. The van der Waals surface area contributed by atoms with E-state index in [0.717, 1.165) is 15.6 Å². The second-order valence-corrected chi connectivity index (χ2v) is 18.5. The summed E-state index contributed by atoms with van der Waals surface area (Å²) in [4.78, 5) is 0.